The van der Waals surface area contributed by atoms with Crippen LogP contribution in [-0.2, 0) is 0 Å². The smallest absolute Gasteiger partial charge is 0.0601 e. The highest BCUT2D eigenvalue weighted by molar-refractivity contribution is 5.08. The first-order valence-electron chi connectivity index (χ1n) is 6.94. The van der Waals surface area contributed by atoms with E-state index >= 15 is 0 Å². The Kier molecular flexibility index (Phi) is 6.02. The number of likely N-dealkylation sites (tertiary alicyclic amines) is 1. The fourth-order valence-corrected chi connectivity index (χ4v) is 2.23. The first-order valence-corrected chi connectivity index (χ1v) is 6.94. The largest absolute Gasteiger partial charge is 0.317 e. The fourth-order valence-electron chi connectivity index (χ4n) is 2.23. The molecule has 0 saturated carbocycles. The molecular formula is C15H28N2. The second-order valence-corrected chi connectivity index (χ2v) is 6.10. The Morgan fingerprint density at radius 2 is 2.12 bits per heavy atom. The lowest BCUT2D eigenvalue weighted by atomic mass is 9.97. The summed E-state index contributed by atoms with van der Waals surface area (Å²) in [5, 5.41) is 3.46. The minimum atomic E-state index is 0.138. The van der Waals surface area contributed by atoms with Gasteiger partial charge in [-0.25, -0.2) is 0 Å². The second-order valence-electron chi connectivity index (χ2n) is 6.10. The van der Waals surface area contributed by atoms with Crippen LogP contribution in [0, 0.1) is 23.2 Å². The lowest BCUT2D eigenvalue weighted by Crippen LogP contribution is -2.39. The Morgan fingerprint density at radius 3 is 2.76 bits per heavy atom. The van der Waals surface area contributed by atoms with Gasteiger partial charge in [0.25, 0.3) is 0 Å². The molecule has 0 bridgehead atoms. The van der Waals surface area contributed by atoms with Gasteiger partial charge >= 0.3 is 0 Å². The molecule has 1 atom stereocenters. The van der Waals surface area contributed by atoms with Crippen LogP contribution in [0.5, 0.6) is 0 Å². The maximum absolute atomic E-state index is 3.46. The van der Waals surface area contributed by atoms with Gasteiger partial charge in [0, 0.05) is 12.0 Å². The third kappa shape index (κ3) is 6.71. The summed E-state index contributed by atoms with van der Waals surface area (Å²) in [7, 11) is 0. The number of piperidine rings is 1. The summed E-state index contributed by atoms with van der Waals surface area (Å²) in [6, 6.07) is 0. The predicted molar refractivity (Wildman–Crippen MR) is 74.9 cm³/mol. The Bertz CT molecular complexity index is 267. The molecule has 0 aromatic rings. The molecule has 1 unspecified atom stereocenters. The van der Waals surface area contributed by atoms with Crippen molar-refractivity contribution < 1.29 is 0 Å². The topological polar surface area (TPSA) is 15.3 Å². The number of hydrogen-bond acceptors (Lipinski definition) is 2. The van der Waals surface area contributed by atoms with Crippen LogP contribution in [0.4, 0.5) is 0 Å². The van der Waals surface area contributed by atoms with Crippen LogP contribution < -0.4 is 5.32 Å². The number of nitrogens with zero attached hydrogens (tertiary/aromatic N) is 1. The standard InChI is InChI=1S/C15H28N2/c1-5-16-12-14-8-6-10-17(13-14)11-7-9-15(2,3)4/h14,16H,5-6,8,10-13H2,1-4H3. The molecule has 0 aliphatic carbocycles. The summed E-state index contributed by atoms with van der Waals surface area (Å²) in [5.74, 6) is 7.47. The molecule has 2 nitrogen and oxygen atoms in total. The second kappa shape index (κ2) is 7.03. The van der Waals surface area contributed by atoms with Crippen LogP contribution in [0.15, 0.2) is 0 Å². The van der Waals surface area contributed by atoms with E-state index < -0.39 is 0 Å². The molecule has 1 saturated heterocycles. The van der Waals surface area contributed by atoms with Gasteiger partial charge in [0.1, 0.15) is 0 Å². The van der Waals surface area contributed by atoms with Gasteiger partial charge in [-0.2, -0.15) is 0 Å². The fraction of sp³-hybridized carbons (Fsp3) is 0.867. The molecule has 0 radical (unpaired) electrons. The molecule has 98 valence electrons. The zero-order valence-corrected chi connectivity index (χ0v) is 12.0. The van der Waals surface area contributed by atoms with Gasteiger partial charge in [-0.15, -0.1) is 0 Å². The zero-order valence-electron chi connectivity index (χ0n) is 12.0. The van der Waals surface area contributed by atoms with E-state index in [0.717, 1.165) is 19.0 Å². The van der Waals surface area contributed by atoms with E-state index in [0.29, 0.717) is 0 Å². The van der Waals surface area contributed by atoms with Crippen LogP contribution in [0.2, 0.25) is 0 Å². The summed E-state index contributed by atoms with van der Waals surface area (Å²) < 4.78 is 0. The van der Waals surface area contributed by atoms with Crippen molar-refractivity contribution in [1.29, 1.82) is 0 Å². The maximum atomic E-state index is 3.46. The third-order valence-electron chi connectivity index (χ3n) is 3.05. The summed E-state index contributed by atoms with van der Waals surface area (Å²) in [5.41, 5.74) is 0.138. The van der Waals surface area contributed by atoms with Crippen molar-refractivity contribution in [2.45, 2.75) is 40.5 Å². The van der Waals surface area contributed by atoms with Crippen molar-refractivity contribution in [1.82, 2.24) is 10.2 Å². The van der Waals surface area contributed by atoms with Gasteiger partial charge in [-0.05, 0) is 59.2 Å². The first-order chi connectivity index (χ1) is 8.01. The van der Waals surface area contributed by atoms with E-state index in [1.54, 1.807) is 0 Å². The van der Waals surface area contributed by atoms with Crippen molar-refractivity contribution in [2.75, 3.05) is 32.7 Å². The molecule has 0 amide bonds. The van der Waals surface area contributed by atoms with E-state index in [1.165, 1.54) is 32.5 Å². The number of hydrogen-bond donors (Lipinski definition) is 1. The number of nitrogens with one attached hydrogen (secondary N) is 1. The Balaban J connectivity index is 2.31. The third-order valence-corrected chi connectivity index (χ3v) is 3.05. The summed E-state index contributed by atoms with van der Waals surface area (Å²) in [6.45, 7) is 14.3. The van der Waals surface area contributed by atoms with Crippen molar-refractivity contribution in [3.63, 3.8) is 0 Å². The molecule has 0 aromatic heterocycles. The lowest BCUT2D eigenvalue weighted by Gasteiger charge is -2.31. The summed E-state index contributed by atoms with van der Waals surface area (Å²) >= 11 is 0. The minimum absolute atomic E-state index is 0.138. The van der Waals surface area contributed by atoms with E-state index in [4.69, 9.17) is 0 Å². The van der Waals surface area contributed by atoms with Crippen LogP contribution >= 0.6 is 0 Å². The van der Waals surface area contributed by atoms with Crippen molar-refractivity contribution in [3.05, 3.63) is 0 Å². The predicted octanol–water partition coefficient (Wildman–Crippen LogP) is 2.36. The SMILES string of the molecule is CCNCC1CCCN(CC#CC(C)(C)C)C1. The molecule has 2 heteroatoms. The Hall–Kier alpha value is -0.520. The average Bonchev–Trinajstić information content (AvgIpc) is 2.25. The molecule has 1 aliphatic heterocycles. The van der Waals surface area contributed by atoms with Gasteiger partial charge in [-0.1, -0.05) is 18.8 Å². The van der Waals surface area contributed by atoms with E-state index in [9.17, 15) is 0 Å². The van der Waals surface area contributed by atoms with Gasteiger partial charge in [-0.3, -0.25) is 4.90 Å². The molecule has 1 N–H and O–H groups in total. The highest BCUT2D eigenvalue weighted by Crippen LogP contribution is 2.15. The van der Waals surface area contributed by atoms with Crippen molar-refractivity contribution in [3.8, 4) is 11.8 Å². The first kappa shape index (κ1) is 14.5. The lowest BCUT2D eigenvalue weighted by molar-refractivity contribution is 0.191. The van der Waals surface area contributed by atoms with Crippen LogP contribution in [0.1, 0.15) is 40.5 Å². The van der Waals surface area contributed by atoms with Gasteiger partial charge in [0.05, 0.1) is 6.54 Å². The summed E-state index contributed by atoms with van der Waals surface area (Å²) in [4.78, 5) is 2.50. The zero-order chi connectivity index (χ0) is 12.7. The highest BCUT2D eigenvalue weighted by Gasteiger charge is 2.18. The molecule has 1 aliphatic rings. The van der Waals surface area contributed by atoms with Crippen LogP contribution in [0.3, 0.4) is 0 Å². The number of rotatable bonds is 4. The molecule has 1 rings (SSSR count). The van der Waals surface area contributed by atoms with Gasteiger partial charge < -0.3 is 5.32 Å². The Labute approximate surface area is 107 Å². The molecule has 0 spiro atoms. The normalized spacial score (nSPS) is 22.0. The quantitative estimate of drug-likeness (QED) is 0.754. The molecule has 1 heterocycles. The highest BCUT2D eigenvalue weighted by atomic mass is 15.1. The van der Waals surface area contributed by atoms with Gasteiger partial charge in [0.2, 0.25) is 0 Å². The Morgan fingerprint density at radius 1 is 1.35 bits per heavy atom. The monoisotopic (exact) mass is 236 g/mol. The molecular weight excluding hydrogens is 208 g/mol. The average molecular weight is 236 g/mol. The molecule has 1 fully saturated rings. The van der Waals surface area contributed by atoms with Crippen molar-refractivity contribution in [2.24, 2.45) is 11.3 Å². The molecule has 0 aromatic carbocycles. The van der Waals surface area contributed by atoms with E-state index in [2.05, 4.69) is 49.8 Å². The maximum Gasteiger partial charge on any atom is 0.0601 e. The van der Waals surface area contributed by atoms with Gasteiger partial charge in [0.15, 0.2) is 0 Å². The van der Waals surface area contributed by atoms with Crippen LogP contribution in [0.25, 0.3) is 0 Å². The molecule has 17 heavy (non-hydrogen) atoms. The van der Waals surface area contributed by atoms with Crippen LogP contribution in [-0.4, -0.2) is 37.6 Å². The van der Waals surface area contributed by atoms with E-state index in [1.807, 2.05) is 0 Å². The summed E-state index contributed by atoms with van der Waals surface area (Å²) in [6.07, 6.45) is 2.70. The van der Waals surface area contributed by atoms with E-state index in [-0.39, 0.29) is 5.41 Å². The van der Waals surface area contributed by atoms with Crippen molar-refractivity contribution >= 4 is 0 Å². The minimum Gasteiger partial charge on any atom is -0.317 e.